The fourth-order valence-electron chi connectivity index (χ4n) is 16.9. The first-order chi connectivity index (χ1) is 67.5. The number of thiol groups is 1. The van der Waals surface area contributed by atoms with Crippen LogP contribution in [0.25, 0.3) is 32.7 Å². The molecule has 2 saturated heterocycles. The number of aromatic amines is 3. The first kappa shape index (κ1) is 109. The van der Waals surface area contributed by atoms with Gasteiger partial charge in [0, 0.05) is 122 Å². The molecule has 31 N–H and O–H groups in total. The van der Waals surface area contributed by atoms with Crippen LogP contribution in [0.1, 0.15) is 113 Å². The average molecular weight is 1970 g/mol. The van der Waals surface area contributed by atoms with Crippen molar-refractivity contribution >= 4 is 140 Å². The van der Waals surface area contributed by atoms with Crippen molar-refractivity contribution in [1.82, 2.24) is 105 Å². The molecule has 0 spiro atoms. The van der Waals surface area contributed by atoms with Gasteiger partial charge in [-0.1, -0.05) is 115 Å². The number of hydrogen-bond acceptors (Lipinski definition) is 25. The monoisotopic (exact) mass is 1970 g/mol. The van der Waals surface area contributed by atoms with Crippen molar-refractivity contribution in [2.45, 2.75) is 220 Å². The van der Waals surface area contributed by atoms with E-state index in [0.29, 0.717) is 60.5 Å². The summed E-state index contributed by atoms with van der Waals surface area (Å²) in [5.41, 5.74) is 15.9. The van der Waals surface area contributed by atoms with Crippen LogP contribution in [0, 0.1) is 10.8 Å². The minimum atomic E-state index is -2.28. The van der Waals surface area contributed by atoms with E-state index in [0.717, 1.165) is 13.8 Å². The van der Waals surface area contributed by atoms with Crippen LogP contribution in [0.4, 0.5) is 0 Å². The molecule has 1 unspecified atom stereocenters. The number of para-hydroxylation sites is 3. The lowest BCUT2D eigenvalue weighted by Gasteiger charge is -2.40. The molecule has 3 aromatic heterocycles. The van der Waals surface area contributed by atoms with Crippen LogP contribution in [0.15, 0.2) is 152 Å². The van der Waals surface area contributed by atoms with Crippen molar-refractivity contribution in [3.05, 3.63) is 180 Å². The number of amides is 13. The number of aliphatic hydroxyl groups excluding tert-OH is 4. The highest BCUT2D eigenvalue weighted by Crippen LogP contribution is 2.30. The summed E-state index contributed by atoms with van der Waals surface area (Å²) < 4.78 is 0. The van der Waals surface area contributed by atoms with E-state index in [-0.39, 0.29) is 116 Å². The molecule has 0 bridgehead atoms. The van der Waals surface area contributed by atoms with E-state index in [1.165, 1.54) is 11.8 Å². The molecule has 5 heterocycles. The number of carbonyl (C=O) groups excluding carboxylic acids is 13. The molecule has 0 aliphatic carbocycles. The van der Waals surface area contributed by atoms with Gasteiger partial charge in [0.05, 0.1) is 37.5 Å². The number of rotatable bonds is 33. The number of aliphatic hydroxyl groups is 5. The molecule has 0 saturated carbocycles. The number of hydrogen-bond donors (Lipinski definition) is 30. The highest BCUT2D eigenvalue weighted by Gasteiger charge is 2.47. The maximum atomic E-state index is 15.9. The Bertz CT molecular complexity index is 5650. The predicted octanol–water partition coefficient (Wildman–Crippen LogP) is -3.50. The van der Waals surface area contributed by atoms with Crippen LogP contribution in [0.3, 0.4) is 0 Å². The molecule has 760 valence electrons. The van der Waals surface area contributed by atoms with Gasteiger partial charge in [0.2, 0.25) is 76.8 Å². The second-order valence-electron chi connectivity index (χ2n) is 35.1. The molecule has 17 atom stereocenters. The Morgan fingerprint density at radius 1 is 0.525 bits per heavy atom. The Labute approximate surface area is 817 Å². The zero-order valence-corrected chi connectivity index (χ0v) is 79.2. The van der Waals surface area contributed by atoms with Crippen molar-refractivity contribution in [3.8, 4) is 0 Å². The topological polar surface area (TPSA) is 712 Å². The van der Waals surface area contributed by atoms with Gasteiger partial charge >= 0.3 is 5.97 Å². The Balaban J connectivity index is 1.05. The number of carboxylic acids is 1. The summed E-state index contributed by atoms with van der Waals surface area (Å²) in [5, 5.41) is 123. The largest absolute Gasteiger partial charge is 0.480 e. The van der Waals surface area contributed by atoms with Crippen molar-refractivity contribution in [1.29, 1.82) is 10.8 Å². The molecular weight excluding hydrogens is 1850 g/mol. The van der Waals surface area contributed by atoms with E-state index in [4.69, 9.17) is 27.1 Å². The van der Waals surface area contributed by atoms with Crippen molar-refractivity contribution in [2.75, 3.05) is 51.8 Å². The van der Waals surface area contributed by atoms with Gasteiger partial charge in [-0.25, -0.2) is 4.79 Å². The van der Waals surface area contributed by atoms with Gasteiger partial charge in [-0.2, -0.15) is 18.1 Å². The van der Waals surface area contributed by atoms with E-state index in [1.54, 1.807) is 152 Å². The second kappa shape index (κ2) is 53.3. The van der Waals surface area contributed by atoms with Crippen LogP contribution < -0.4 is 96.7 Å². The lowest BCUT2D eigenvalue weighted by atomic mass is 9.98. The zero-order valence-electron chi connectivity index (χ0n) is 78.3. The van der Waals surface area contributed by atoms with Crippen molar-refractivity contribution in [2.24, 2.45) is 11.5 Å². The number of hydroxylamine groups is 1. The van der Waals surface area contributed by atoms with Crippen molar-refractivity contribution < 1.29 is 103 Å². The Morgan fingerprint density at radius 3 is 1.52 bits per heavy atom. The Hall–Kier alpha value is -14.1. The molecule has 10 rings (SSSR count). The summed E-state index contributed by atoms with van der Waals surface area (Å²) in [6.07, 6.45) is -0.839. The Kier molecular flexibility index (Phi) is 41.2. The number of guanidine groups is 2. The second-order valence-corrected chi connectivity index (χ2v) is 35.5. The fourth-order valence-corrected chi connectivity index (χ4v) is 17.2. The van der Waals surface area contributed by atoms with Crippen LogP contribution in [-0.4, -0.2) is 299 Å². The quantitative estimate of drug-likeness (QED) is 0.00624. The summed E-state index contributed by atoms with van der Waals surface area (Å²) in [4.78, 5) is 224. The van der Waals surface area contributed by atoms with Gasteiger partial charge in [0.1, 0.15) is 84.8 Å². The minimum Gasteiger partial charge on any atom is -0.480 e. The molecule has 0 radical (unpaired) electrons. The number of aromatic nitrogens is 3. The van der Waals surface area contributed by atoms with Crippen LogP contribution >= 0.6 is 12.6 Å². The predicted molar refractivity (Wildman–Crippen MR) is 521 cm³/mol. The number of H-pyrrole nitrogens is 3. The van der Waals surface area contributed by atoms with E-state index in [1.807, 2.05) is 0 Å². The Morgan fingerprint density at radius 2 is 0.993 bits per heavy atom. The van der Waals surface area contributed by atoms with E-state index in [2.05, 4.69) is 113 Å². The third kappa shape index (κ3) is 31.9. The van der Waals surface area contributed by atoms with Crippen LogP contribution in [0.2, 0.25) is 0 Å². The maximum Gasteiger partial charge on any atom is 0.328 e. The molecule has 13 amide bonds. The molecule has 2 fully saturated rings. The van der Waals surface area contributed by atoms with Gasteiger partial charge < -0.3 is 141 Å². The first-order valence-electron chi connectivity index (χ1n) is 46.6. The molecule has 8 aromatic rings. The summed E-state index contributed by atoms with van der Waals surface area (Å²) >= 11 is 4.39. The highest BCUT2D eigenvalue weighted by molar-refractivity contribution is 7.80. The van der Waals surface area contributed by atoms with Gasteiger partial charge in [0.25, 0.3) is 0 Å². The SMILES string of the molecule is C[C@@H](O)[C@@H]1NC(=O)[C@H](CS)NOCC[C@@H](C(=O)N2CCC[C@H]2C(C)(O)N[C@@H](CCCNC(=N)N)C(=O)N[C@@H](CO)C(=O)O)NC(=O)[C@H](Cc2c[nH]c3ccccc23)NC(=O)[C@@H](NC(=O)[C@H](Cc2ccccc2)NC(=O)CO)CCCCNC(=O)[C@H](Cc2c[nH]c3ccccc23)NC(=O)[C@H](CCCNC(=N)N)NC(=O)[C@H](Cc2ccccc2)NC(=O)[C@H](Cc2c[nH]c3ccccc23)NC(=O)[C@H]([C@@H](C)O)NC1=O. The number of carbonyl (C=O) groups is 14. The standard InChI is InChI=1S/C95H128N24O21S/c1-52(122)78-89(134)113-73(45-58-48-105-64-30-15-12-27-61(58)64)87(132)110-70(42-55-23-8-5-9-24-55)85(130)108-66(32-18-37-101-93(96)97)82(127)111-71(43-56-46-103-62-28-13-10-25-59(56)62)80(125)100-36-17-16-31-65(107-84(129)69(106-77(124)50-121)41-54-21-6-4-7-22-54)81(126)112-72(44-57-47-104-63-29-14-11-26-60(57)63)86(131)109-68(35-40-140-118-75(51-141)88(133)115-79(53(2)123)90(135)116-78)91(136)119-39-20-34-76(119)95(3,139)117-67(33-19-38-102-94(98)99)83(128)114-74(49-120)92(137)138/h4-15,21-30,46-48,52-53,65-76,78-79,103-105,117-118,120-123,139,141H,16-20,31-45,49-51H2,1-3H3,(H,100,125)(H,106,124)(H,107,129)(H,108,130)(H,109,131)(H,110,132)(H,111,127)(H,112,126)(H,113,134)(H,114,128)(H,115,133)(H,116,135)(H,137,138)(H4,96,97,101)(H4,98,99,102)/t52-,53-,65+,66+,67+,68+,69+,70+,71+,72+,73+,74+,75+,76+,78+,79+,95?/m1/s1. The maximum absolute atomic E-state index is 15.9. The molecule has 45 nitrogen and oxygen atoms in total. The lowest BCUT2D eigenvalue weighted by Crippen LogP contribution is -2.65. The molecule has 5 aromatic carbocycles. The highest BCUT2D eigenvalue weighted by atomic mass is 32.1. The third-order valence-corrected chi connectivity index (χ3v) is 24.7. The molecule has 2 aliphatic rings. The molecule has 141 heavy (non-hydrogen) atoms. The van der Waals surface area contributed by atoms with E-state index in [9.17, 15) is 54.6 Å². The summed E-state index contributed by atoms with van der Waals surface area (Å²) in [5.74, 6) is -15.8. The zero-order chi connectivity index (χ0) is 102. The normalized spacial score (nSPS) is 22.4. The smallest absolute Gasteiger partial charge is 0.328 e. The van der Waals surface area contributed by atoms with E-state index >= 15 is 43.2 Å². The number of aliphatic carboxylic acids is 1. The van der Waals surface area contributed by atoms with Gasteiger partial charge in [-0.3, -0.25) is 78.5 Å². The van der Waals surface area contributed by atoms with Gasteiger partial charge in [-0.05, 0) is 125 Å². The van der Waals surface area contributed by atoms with Crippen LogP contribution in [0.5, 0.6) is 0 Å². The average Bonchev–Trinajstić information content (AvgIpc) is 1.73. The number of fused-ring (bicyclic) bond motifs is 3. The number of benzene rings is 5. The van der Waals surface area contributed by atoms with Crippen molar-refractivity contribution in [3.63, 3.8) is 0 Å². The summed E-state index contributed by atoms with van der Waals surface area (Å²) in [6.45, 7) is 0.536. The lowest BCUT2D eigenvalue weighted by molar-refractivity contribution is -0.147. The molecular formula is C95H128N24O21S. The first-order valence-corrected chi connectivity index (χ1v) is 47.3. The van der Waals surface area contributed by atoms with E-state index < -0.39 is 229 Å². The number of nitrogens with two attached hydrogens (primary N) is 2. The number of carboxylic acid groups (broad SMARTS) is 1. The summed E-state index contributed by atoms with van der Waals surface area (Å²) in [7, 11) is 0. The molecule has 46 heteroatoms. The van der Waals surface area contributed by atoms with Gasteiger partial charge in [-0.15, -0.1) is 0 Å². The third-order valence-electron chi connectivity index (χ3n) is 24.4. The molecule has 2 aliphatic heterocycles. The fraction of sp³-hybridized carbons (Fsp3) is 0.453. The number of likely N-dealkylation sites (tertiary alicyclic amines) is 1. The number of nitrogens with one attached hydrogen (secondary N) is 21. The summed E-state index contributed by atoms with van der Waals surface area (Å²) in [6, 6.07) is 15.1. The number of nitrogens with zero attached hydrogens (tertiary/aromatic N) is 1. The van der Waals surface area contributed by atoms with Crippen LogP contribution in [-0.2, 0) is 104 Å². The van der Waals surface area contributed by atoms with Gasteiger partial charge in [0.15, 0.2) is 11.9 Å². The minimum absolute atomic E-state index is 0.00481.